The molecule has 1 amide bonds. The third-order valence-electron chi connectivity index (χ3n) is 4.60. The van der Waals surface area contributed by atoms with Gasteiger partial charge in [-0.3, -0.25) is 4.79 Å². The standard InChI is InChI=1S/C23H20F3N3O4S/c1-29(2)19-11-7-16(8-12-19)22(30)28-27-15-17-5-3-4-6-21(17)33-34(31,32)20-13-9-18(10-14-20)23(24,25)26/h3-15H,1-2H3,(H,28,30). The number of hydrogen-bond acceptors (Lipinski definition) is 6. The van der Waals surface area contributed by atoms with Crippen LogP contribution >= 0.6 is 0 Å². The number of nitrogens with one attached hydrogen (secondary N) is 1. The fraction of sp³-hybridized carbons (Fsp3) is 0.130. The Morgan fingerprint density at radius 2 is 1.59 bits per heavy atom. The van der Waals surface area contributed by atoms with Crippen LogP contribution in [0.1, 0.15) is 21.5 Å². The number of nitrogens with zero attached hydrogens (tertiary/aromatic N) is 2. The molecule has 0 aliphatic rings. The number of benzene rings is 3. The zero-order valence-corrected chi connectivity index (χ0v) is 18.9. The van der Waals surface area contributed by atoms with Crippen molar-refractivity contribution >= 4 is 27.9 Å². The molecule has 0 aliphatic carbocycles. The molecule has 0 fully saturated rings. The van der Waals surface area contributed by atoms with Crippen LogP contribution in [0.4, 0.5) is 18.9 Å². The van der Waals surface area contributed by atoms with Gasteiger partial charge in [0.1, 0.15) is 4.90 Å². The molecular weight excluding hydrogens is 471 g/mol. The summed E-state index contributed by atoms with van der Waals surface area (Å²) in [4.78, 5) is 13.7. The molecule has 0 saturated carbocycles. The molecule has 3 aromatic rings. The molecule has 0 spiro atoms. The van der Waals surface area contributed by atoms with Gasteiger partial charge in [0, 0.05) is 30.9 Å². The second-order valence-corrected chi connectivity index (χ2v) is 8.78. The average Bonchev–Trinajstić information content (AvgIpc) is 2.79. The number of alkyl halides is 3. The highest BCUT2D eigenvalue weighted by Gasteiger charge is 2.31. The summed E-state index contributed by atoms with van der Waals surface area (Å²) in [6, 6.07) is 15.7. The van der Waals surface area contributed by atoms with E-state index in [0.717, 1.165) is 17.8 Å². The van der Waals surface area contributed by atoms with E-state index in [-0.39, 0.29) is 11.3 Å². The van der Waals surface area contributed by atoms with Gasteiger partial charge in [-0.25, -0.2) is 5.43 Å². The monoisotopic (exact) mass is 491 g/mol. The molecule has 0 unspecified atom stereocenters. The van der Waals surface area contributed by atoms with Gasteiger partial charge in [-0.05, 0) is 60.7 Å². The molecule has 0 bridgehead atoms. The van der Waals surface area contributed by atoms with Crippen LogP contribution in [0.5, 0.6) is 5.75 Å². The van der Waals surface area contributed by atoms with Crippen LogP contribution in [0, 0.1) is 0 Å². The van der Waals surface area contributed by atoms with Crippen molar-refractivity contribution in [3.8, 4) is 5.75 Å². The van der Waals surface area contributed by atoms with Gasteiger partial charge >= 0.3 is 16.3 Å². The molecule has 0 atom stereocenters. The molecule has 178 valence electrons. The Labute approximate surface area is 194 Å². The summed E-state index contributed by atoms with van der Waals surface area (Å²) in [6.45, 7) is 0. The first-order valence-corrected chi connectivity index (χ1v) is 11.2. The Morgan fingerprint density at radius 1 is 0.971 bits per heavy atom. The Hall–Kier alpha value is -3.86. The van der Waals surface area contributed by atoms with Crippen LogP contribution in [0.25, 0.3) is 0 Å². The van der Waals surface area contributed by atoms with Crippen molar-refractivity contribution in [1.29, 1.82) is 0 Å². The summed E-state index contributed by atoms with van der Waals surface area (Å²) in [6.07, 6.45) is -3.39. The van der Waals surface area contributed by atoms with E-state index in [0.29, 0.717) is 17.7 Å². The second-order valence-electron chi connectivity index (χ2n) is 7.24. The number of para-hydroxylation sites is 1. The van der Waals surface area contributed by atoms with E-state index >= 15 is 0 Å². The Morgan fingerprint density at radius 3 is 2.18 bits per heavy atom. The van der Waals surface area contributed by atoms with Crippen molar-refractivity contribution in [2.75, 3.05) is 19.0 Å². The molecule has 0 saturated heterocycles. The summed E-state index contributed by atoms with van der Waals surface area (Å²) in [5.74, 6) is -0.590. The zero-order chi connectivity index (χ0) is 24.9. The number of hydrazone groups is 1. The number of hydrogen-bond donors (Lipinski definition) is 1. The van der Waals surface area contributed by atoms with Gasteiger partial charge in [0.2, 0.25) is 0 Å². The second kappa shape index (κ2) is 9.96. The molecule has 0 radical (unpaired) electrons. The largest absolute Gasteiger partial charge is 0.416 e. The van der Waals surface area contributed by atoms with E-state index in [1.807, 2.05) is 19.0 Å². The maximum absolute atomic E-state index is 12.7. The van der Waals surface area contributed by atoms with Gasteiger partial charge in [-0.2, -0.15) is 26.7 Å². The number of anilines is 1. The highest BCUT2D eigenvalue weighted by atomic mass is 32.2. The van der Waals surface area contributed by atoms with Crippen LogP contribution in [-0.2, 0) is 16.3 Å². The fourth-order valence-electron chi connectivity index (χ4n) is 2.78. The van der Waals surface area contributed by atoms with Crippen molar-refractivity contribution < 1.29 is 30.6 Å². The van der Waals surface area contributed by atoms with Crippen LogP contribution in [0.15, 0.2) is 82.8 Å². The van der Waals surface area contributed by atoms with E-state index in [4.69, 9.17) is 4.18 Å². The van der Waals surface area contributed by atoms with Crippen molar-refractivity contribution in [2.45, 2.75) is 11.1 Å². The third-order valence-corrected chi connectivity index (χ3v) is 5.85. The smallest absolute Gasteiger partial charge is 0.378 e. The minimum atomic E-state index is -4.59. The Balaban J connectivity index is 1.72. The molecule has 0 aliphatic heterocycles. The maximum Gasteiger partial charge on any atom is 0.416 e. The fourth-order valence-corrected chi connectivity index (χ4v) is 3.73. The van der Waals surface area contributed by atoms with E-state index in [1.165, 1.54) is 24.4 Å². The highest BCUT2D eigenvalue weighted by molar-refractivity contribution is 7.87. The maximum atomic E-state index is 12.7. The summed E-state index contributed by atoms with van der Waals surface area (Å²) < 4.78 is 68.3. The van der Waals surface area contributed by atoms with Gasteiger partial charge in [0.05, 0.1) is 11.8 Å². The number of carbonyl (C=O) groups excluding carboxylic acids is 1. The van der Waals surface area contributed by atoms with Gasteiger partial charge < -0.3 is 9.08 Å². The number of rotatable bonds is 7. The van der Waals surface area contributed by atoms with Crippen LogP contribution < -0.4 is 14.5 Å². The van der Waals surface area contributed by atoms with Crippen molar-refractivity contribution in [1.82, 2.24) is 5.43 Å². The van der Waals surface area contributed by atoms with E-state index in [9.17, 15) is 26.4 Å². The Bertz CT molecular complexity index is 1290. The minimum absolute atomic E-state index is 0.115. The molecule has 0 heterocycles. The summed E-state index contributed by atoms with van der Waals surface area (Å²) >= 11 is 0. The molecule has 3 aromatic carbocycles. The normalized spacial score (nSPS) is 11.9. The Kier molecular flexibility index (Phi) is 7.26. The minimum Gasteiger partial charge on any atom is -0.378 e. The van der Waals surface area contributed by atoms with Crippen LogP contribution in [0.2, 0.25) is 0 Å². The van der Waals surface area contributed by atoms with Crippen LogP contribution in [0.3, 0.4) is 0 Å². The zero-order valence-electron chi connectivity index (χ0n) is 18.1. The first kappa shape index (κ1) is 24.8. The summed E-state index contributed by atoms with van der Waals surface area (Å²) in [5, 5.41) is 3.84. The number of amides is 1. The molecule has 3 rings (SSSR count). The predicted molar refractivity (Wildman–Crippen MR) is 122 cm³/mol. The van der Waals surface area contributed by atoms with Crippen LogP contribution in [-0.4, -0.2) is 34.6 Å². The van der Waals surface area contributed by atoms with Crippen molar-refractivity contribution in [2.24, 2.45) is 5.10 Å². The lowest BCUT2D eigenvalue weighted by atomic mass is 10.2. The SMILES string of the molecule is CN(C)c1ccc(C(=O)NN=Cc2ccccc2OS(=O)(=O)c2ccc(C(F)(F)F)cc2)cc1. The predicted octanol–water partition coefficient (Wildman–Crippen LogP) is 4.30. The van der Waals surface area contributed by atoms with E-state index < -0.39 is 32.7 Å². The summed E-state index contributed by atoms with van der Waals surface area (Å²) in [5.41, 5.74) is 2.88. The lowest BCUT2D eigenvalue weighted by Crippen LogP contribution is -2.18. The first-order chi connectivity index (χ1) is 16.0. The van der Waals surface area contributed by atoms with Crippen molar-refractivity contribution in [3.63, 3.8) is 0 Å². The lowest BCUT2D eigenvalue weighted by Gasteiger charge is -2.12. The van der Waals surface area contributed by atoms with Gasteiger partial charge in [0.15, 0.2) is 5.75 Å². The molecule has 11 heteroatoms. The van der Waals surface area contributed by atoms with E-state index in [2.05, 4.69) is 10.5 Å². The lowest BCUT2D eigenvalue weighted by molar-refractivity contribution is -0.137. The first-order valence-electron chi connectivity index (χ1n) is 9.79. The molecule has 0 aromatic heterocycles. The highest BCUT2D eigenvalue weighted by Crippen LogP contribution is 2.30. The van der Waals surface area contributed by atoms with Gasteiger partial charge in [0.25, 0.3) is 5.91 Å². The number of carbonyl (C=O) groups is 1. The molecule has 34 heavy (non-hydrogen) atoms. The van der Waals surface area contributed by atoms with Gasteiger partial charge in [-0.1, -0.05) is 12.1 Å². The average molecular weight is 491 g/mol. The number of halogens is 3. The summed E-state index contributed by atoms with van der Waals surface area (Å²) in [7, 11) is -0.671. The molecular formula is C23H20F3N3O4S. The third kappa shape index (κ3) is 6.13. The van der Waals surface area contributed by atoms with Gasteiger partial charge in [-0.15, -0.1) is 0 Å². The quantitative estimate of drug-likeness (QED) is 0.303. The van der Waals surface area contributed by atoms with E-state index in [1.54, 1.807) is 30.3 Å². The topological polar surface area (TPSA) is 88.1 Å². The molecule has 7 nitrogen and oxygen atoms in total. The molecule has 1 N–H and O–H groups in total. The van der Waals surface area contributed by atoms with Crippen molar-refractivity contribution in [3.05, 3.63) is 89.5 Å².